The summed E-state index contributed by atoms with van der Waals surface area (Å²) in [6.07, 6.45) is 2.62. The summed E-state index contributed by atoms with van der Waals surface area (Å²) in [5.41, 5.74) is 7.22. The highest BCUT2D eigenvalue weighted by Crippen LogP contribution is 2.24. The molecule has 2 unspecified atom stereocenters. The third-order valence-electron chi connectivity index (χ3n) is 3.26. The summed E-state index contributed by atoms with van der Waals surface area (Å²) in [7, 11) is 2.13. The van der Waals surface area contributed by atoms with Crippen molar-refractivity contribution in [3.8, 4) is 0 Å². The van der Waals surface area contributed by atoms with Gasteiger partial charge < -0.3 is 10.5 Å². The lowest BCUT2D eigenvalue weighted by molar-refractivity contribution is 0.0347. The summed E-state index contributed by atoms with van der Waals surface area (Å²) in [6, 6.07) is 2.50. The summed E-state index contributed by atoms with van der Waals surface area (Å²) in [5.74, 6) is 0. The zero-order valence-electron chi connectivity index (χ0n) is 10.1. The molecule has 3 nitrogen and oxygen atoms in total. The van der Waals surface area contributed by atoms with E-state index in [0.717, 1.165) is 19.6 Å². The van der Waals surface area contributed by atoms with Gasteiger partial charge in [-0.2, -0.15) is 0 Å². The van der Waals surface area contributed by atoms with Crippen molar-refractivity contribution in [3.63, 3.8) is 0 Å². The third-order valence-corrected chi connectivity index (χ3v) is 4.81. The highest BCUT2D eigenvalue weighted by atomic mass is 79.9. The van der Waals surface area contributed by atoms with E-state index >= 15 is 0 Å². The quantitative estimate of drug-likeness (QED) is 0.906. The molecule has 2 atom stereocenters. The van der Waals surface area contributed by atoms with E-state index in [-0.39, 0.29) is 0 Å². The molecule has 0 aliphatic carbocycles. The summed E-state index contributed by atoms with van der Waals surface area (Å²) < 4.78 is 6.92. The molecule has 96 valence electrons. The van der Waals surface area contributed by atoms with Crippen LogP contribution < -0.4 is 5.73 Å². The molecule has 1 aliphatic heterocycles. The van der Waals surface area contributed by atoms with Gasteiger partial charge in [0.25, 0.3) is 0 Å². The highest BCUT2D eigenvalue weighted by molar-refractivity contribution is 9.11. The van der Waals surface area contributed by atoms with E-state index in [1.165, 1.54) is 15.8 Å². The van der Waals surface area contributed by atoms with E-state index in [2.05, 4.69) is 39.3 Å². The van der Waals surface area contributed by atoms with E-state index in [1.807, 2.05) is 0 Å². The first kappa shape index (κ1) is 13.5. The first-order chi connectivity index (χ1) is 8.20. The fourth-order valence-electron chi connectivity index (χ4n) is 2.36. The molecule has 0 bridgehead atoms. The largest absolute Gasteiger partial charge is 0.377 e. The zero-order chi connectivity index (χ0) is 12.3. The van der Waals surface area contributed by atoms with Gasteiger partial charge >= 0.3 is 0 Å². The zero-order valence-corrected chi connectivity index (χ0v) is 12.5. The monoisotopic (exact) mass is 318 g/mol. The van der Waals surface area contributed by atoms with Gasteiger partial charge in [-0.15, -0.1) is 11.3 Å². The maximum Gasteiger partial charge on any atom is 0.0743 e. The molecule has 1 saturated heterocycles. The summed E-state index contributed by atoms with van der Waals surface area (Å²) in [6.45, 7) is 2.48. The minimum absolute atomic E-state index is 0.312. The van der Waals surface area contributed by atoms with Crippen LogP contribution in [0.5, 0.6) is 0 Å². The molecule has 1 aromatic heterocycles. The van der Waals surface area contributed by atoms with Crippen molar-refractivity contribution in [2.24, 2.45) is 5.73 Å². The van der Waals surface area contributed by atoms with Crippen molar-refractivity contribution in [3.05, 3.63) is 20.8 Å². The minimum Gasteiger partial charge on any atom is -0.377 e. The fourth-order valence-corrected chi connectivity index (χ4v) is 3.56. The van der Waals surface area contributed by atoms with Gasteiger partial charge in [-0.05, 0) is 52.8 Å². The Morgan fingerprint density at radius 3 is 3.06 bits per heavy atom. The van der Waals surface area contributed by atoms with Crippen LogP contribution in [0.25, 0.3) is 0 Å². The second kappa shape index (κ2) is 6.29. The van der Waals surface area contributed by atoms with E-state index in [9.17, 15) is 0 Å². The van der Waals surface area contributed by atoms with Crippen LogP contribution in [0.2, 0.25) is 0 Å². The molecule has 17 heavy (non-hydrogen) atoms. The van der Waals surface area contributed by atoms with E-state index < -0.39 is 0 Å². The molecule has 1 fully saturated rings. The second-order valence-corrected chi connectivity index (χ2v) is 6.82. The van der Waals surface area contributed by atoms with Crippen molar-refractivity contribution in [1.29, 1.82) is 0 Å². The predicted octanol–water partition coefficient (Wildman–Crippen LogP) is 2.45. The molecular weight excluding hydrogens is 300 g/mol. The molecule has 0 spiro atoms. The lowest BCUT2D eigenvalue weighted by Gasteiger charge is -2.30. The maximum absolute atomic E-state index is 5.88. The number of rotatable bonds is 5. The Bertz CT molecular complexity index is 352. The third kappa shape index (κ3) is 3.51. The summed E-state index contributed by atoms with van der Waals surface area (Å²) in [5, 5.41) is 2.18. The number of nitrogens with two attached hydrogens (primary N) is 1. The van der Waals surface area contributed by atoms with Crippen LogP contribution in [0.1, 0.15) is 18.4 Å². The van der Waals surface area contributed by atoms with E-state index in [4.69, 9.17) is 10.5 Å². The van der Waals surface area contributed by atoms with Crippen molar-refractivity contribution in [2.75, 3.05) is 20.2 Å². The molecule has 0 radical (unpaired) electrons. The van der Waals surface area contributed by atoms with Gasteiger partial charge in [0, 0.05) is 25.7 Å². The maximum atomic E-state index is 5.88. The molecule has 1 aromatic rings. The number of nitrogens with zero attached hydrogens (tertiary/aromatic N) is 1. The molecular formula is C12H19BrN2OS. The lowest BCUT2D eigenvalue weighted by Crippen LogP contribution is -2.45. The highest BCUT2D eigenvalue weighted by Gasteiger charge is 2.27. The molecule has 5 heteroatoms. The topological polar surface area (TPSA) is 38.5 Å². The normalized spacial score (nSPS) is 22.2. The summed E-state index contributed by atoms with van der Waals surface area (Å²) >= 11 is 5.22. The number of thiophene rings is 1. The van der Waals surface area contributed by atoms with Gasteiger partial charge in [-0.25, -0.2) is 0 Å². The fraction of sp³-hybridized carbons (Fsp3) is 0.667. The van der Waals surface area contributed by atoms with Gasteiger partial charge in [-0.1, -0.05) is 0 Å². The second-order valence-electron chi connectivity index (χ2n) is 4.53. The molecule has 0 aromatic carbocycles. The smallest absolute Gasteiger partial charge is 0.0743 e. The standard InChI is InChI=1S/C12H19BrN2OS/c1-15(7-9-5-12(13)17-8-9)10(6-14)11-3-2-4-16-11/h5,8,10-11H,2-4,6-7,14H2,1H3. The molecule has 2 heterocycles. The number of likely N-dealkylation sites (N-methyl/N-ethyl adjacent to an activating group) is 1. The van der Waals surface area contributed by atoms with Gasteiger partial charge in [-0.3, -0.25) is 4.90 Å². The number of hydrogen-bond acceptors (Lipinski definition) is 4. The SMILES string of the molecule is CN(Cc1csc(Br)c1)C(CN)C1CCCO1. The lowest BCUT2D eigenvalue weighted by atomic mass is 10.1. The van der Waals surface area contributed by atoms with Crippen LogP contribution in [0.4, 0.5) is 0 Å². The summed E-state index contributed by atoms with van der Waals surface area (Å²) in [4.78, 5) is 2.31. The average Bonchev–Trinajstić information content (AvgIpc) is 2.92. The minimum atomic E-state index is 0.312. The Kier molecular flexibility index (Phi) is 4.99. The van der Waals surface area contributed by atoms with Gasteiger partial charge in [0.1, 0.15) is 0 Å². The van der Waals surface area contributed by atoms with Gasteiger partial charge in [0.05, 0.1) is 9.89 Å². The number of halogens is 1. The molecule has 2 rings (SSSR count). The van der Waals surface area contributed by atoms with Gasteiger partial charge in [0.2, 0.25) is 0 Å². The molecule has 0 amide bonds. The predicted molar refractivity (Wildman–Crippen MR) is 75.3 cm³/mol. The van der Waals surface area contributed by atoms with Crippen LogP contribution in [0.15, 0.2) is 15.2 Å². The molecule has 1 aliphatic rings. The van der Waals surface area contributed by atoms with Crippen molar-refractivity contribution in [1.82, 2.24) is 4.90 Å². The van der Waals surface area contributed by atoms with E-state index in [1.54, 1.807) is 11.3 Å². The molecule has 2 N–H and O–H groups in total. The van der Waals surface area contributed by atoms with Crippen LogP contribution in [0, 0.1) is 0 Å². The Morgan fingerprint density at radius 2 is 2.53 bits per heavy atom. The Hall–Kier alpha value is 0.0600. The first-order valence-corrected chi connectivity index (χ1v) is 7.63. The van der Waals surface area contributed by atoms with Crippen molar-refractivity contribution in [2.45, 2.75) is 31.5 Å². The van der Waals surface area contributed by atoms with Crippen molar-refractivity contribution < 1.29 is 4.74 Å². The van der Waals surface area contributed by atoms with Crippen LogP contribution in [-0.2, 0) is 11.3 Å². The van der Waals surface area contributed by atoms with Crippen molar-refractivity contribution >= 4 is 27.3 Å². The average molecular weight is 319 g/mol. The van der Waals surface area contributed by atoms with Gasteiger partial charge in [0.15, 0.2) is 0 Å². The Balaban J connectivity index is 1.94. The van der Waals surface area contributed by atoms with Crippen LogP contribution >= 0.6 is 27.3 Å². The Labute approximate surface area is 115 Å². The van der Waals surface area contributed by atoms with E-state index in [0.29, 0.717) is 18.7 Å². The Morgan fingerprint density at radius 1 is 1.71 bits per heavy atom. The first-order valence-electron chi connectivity index (χ1n) is 5.95. The van der Waals surface area contributed by atoms with Crippen LogP contribution in [-0.4, -0.2) is 37.2 Å². The molecule has 0 saturated carbocycles. The number of hydrogen-bond donors (Lipinski definition) is 1. The van der Waals surface area contributed by atoms with Crippen LogP contribution in [0.3, 0.4) is 0 Å². The number of ether oxygens (including phenoxy) is 1.